The summed E-state index contributed by atoms with van der Waals surface area (Å²) in [4.78, 5) is 27.9. The van der Waals surface area contributed by atoms with Crippen molar-refractivity contribution in [3.63, 3.8) is 0 Å². The second-order valence-electron chi connectivity index (χ2n) is 7.27. The Morgan fingerprint density at radius 3 is 2.55 bits per heavy atom. The Morgan fingerprint density at radius 1 is 0.903 bits per heavy atom. The molecule has 1 aromatic heterocycles. The van der Waals surface area contributed by atoms with Gasteiger partial charge in [0.15, 0.2) is 16.9 Å². The highest BCUT2D eigenvalue weighted by Gasteiger charge is 2.21. The molecule has 0 saturated heterocycles. The average molecular weight is 413 g/mol. The molecule has 0 aliphatic carbocycles. The van der Waals surface area contributed by atoms with E-state index in [9.17, 15) is 9.59 Å². The Hall–Kier alpha value is -4.06. The smallest absolute Gasteiger partial charge is 0.231 e. The lowest BCUT2D eigenvalue weighted by atomic mass is 10.1. The summed E-state index contributed by atoms with van der Waals surface area (Å²) in [7, 11) is 0. The number of benzene rings is 3. The summed E-state index contributed by atoms with van der Waals surface area (Å²) in [6.07, 6.45) is 1.60. The molecular weight excluding hydrogens is 394 g/mol. The van der Waals surface area contributed by atoms with E-state index >= 15 is 0 Å². The van der Waals surface area contributed by atoms with E-state index in [1.165, 1.54) is 6.26 Å². The second-order valence-corrected chi connectivity index (χ2v) is 7.27. The first-order valence-corrected chi connectivity index (χ1v) is 9.92. The maximum absolute atomic E-state index is 13.3. The van der Waals surface area contributed by atoms with Crippen LogP contribution in [-0.2, 0) is 17.8 Å². The summed E-state index contributed by atoms with van der Waals surface area (Å²) in [5.41, 5.74) is 2.32. The molecule has 0 N–H and O–H groups in total. The van der Waals surface area contributed by atoms with Crippen molar-refractivity contribution in [2.24, 2.45) is 0 Å². The molecule has 31 heavy (non-hydrogen) atoms. The van der Waals surface area contributed by atoms with Crippen molar-refractivity contribution < 1.29 is 18.7 Å². The van der Waals surface area contributed by atoms with Gasteiger partial charge in [0.1, 0.15) is 5.58 Å². The van der Waals surface area contributed by atoms with Gasteiger partial charge in [0.25, 0.3) is 0 Å². The fourth-order valence-corrected chi connectivity index (χ4v) is 3.65. The third-order valence-electron chi connectivity index (χ3n) is 5.24. The fourth-order valence-electron chi connectivity index (χ4n) is 3.65. The predicted molar refractivity (Wildman–Crippen MR) is 116 cm³/mol. The number of rotatable bonds is 5. The number of anilines is 1. The molecule has 0 saturated carbocycles. The number of hydrogen-bond acceptors (Lipinski definition) is 5. The van der Waals surface area contributed by atoms with E-state index in [-0.39, 0.29) is 31.1 Å². The summed E-state index contributed by atoms with van der Waals surface area (Å²) >= 11 is 0. The van der Waals surface area contributed by atoms with Crippen LogP contribution in [0.15, 0.2) is 88.3 Å². The molecule has 0 spiro atoms. The number of amides is 1. The zero-order valence-electron chi connectivity index (χ0n) is 16.6. The molecule has 1 aliphatic heterocycles. The van der Waals surface area contributed by atoms with E-state index in [2.05, 4.69) is 0 Å². The molecule has 0 unspecified atom stereocenters. The molecular formula is C25H19NO5. The minimum Gasteiger partial charge on any atom is -0.464 e. The summed E-state index contributed by atoms with van der Waals surface area (Å²) < 4.78 is 16.4. The Labute approximate surface area is 178 Å². The molecule has 0 radical (unpaired) electrons. The van der Waals surface area contributed by atoms with Crippen LogP contribution in [0.25, 0.3) is 11.0 Å². The van der Waals surface area contributed by atoms with Crippen LogP contribution in [0.5, 0.6) is 11.5 Å². The van der Waals surface area contributed by atoms with Crippen LogP contribution in [0.2, 0.25) is 0 Å². The highest BCUT2D eigenvalue weighted by Crippen LogP contribution is 2.33. The molecule has 1 amide bonds. The van der Waals surface area contributed by atoms with Crippen molar-refractivity contribution in [1.82, 2.24) is 0 Å². The molecule has 0 bridgehead atoms. The number of para-hydroxylation sites is 2. The van der Waals surface area contributed by atoms with E-state index < -0.39 is 0 Å². The van der Waals surface area contributed by atoms with Crippen molar-refractivity contribution in [3.05, 3.63) is 100 Å². The molecule has 5 rings (SSSR count). The topological polar surface area (TPSA) is 69.0 Å². The first-order valence-electron chi connectivity index (χ1n) is 9.92. The lowest BCUT2D eigenvalue weighted by molar-refractivity contribution is -0.118. The highest BCUT2D eigenvalue weighted by molar-refractivity contribution is 5.94. The van der Waals surface area contributed by atoms with Gasteiger partial charge in [0, 0.05) is 5.69 Å². The summed E-state index contributed by atoms with van der Waals surface area (Å²) in [6.45, 7) is 0.293. The van der Waals surface area contributed by atoms with Crippen LogP contribution in [0, 0.1) is 0 Å². The molecule has 0 fully saturated rings. The molecule has 6 heteroatoms. The first kappa shape index (κ1) is 18.9. The van der Waals surface area contributed by atoms with Gasteiger partial charge in [-0.05, 0) is 42.0 Å². The summed E-state index contributed by atoms with van der Waals surface area (Å²) in [5.74, 6) is 1.16. The third-order valence-corrected chi connectivity index (χ3v) is 5.24. The van der Waals surface area contributed by atoms with Crippen LogP contribution in [0.4, 0.5) is 5.69 Å². The standard InChI is InChI=1S/C25H19NO5/c27-24(13-17-10-11-22-23(12-17)31-16-30-22)26(19-6-2-1-3-7-19)14-18-15-29-21-9-5-4-8-20(21)25(18)28/h1-12,15H,13-14,16H2. The maximum Gasteiger partial charge on any atom is 0.231 e. The van der Waals surface area contributed by atoms with E-state index in [1.54, 1.807) is 29.2 Å². The number of carbonyl (C=O) groups is 1. The number of hydrogen-bond donors (Lipinski definition) is 0. The summed E-state index contributed by atoms with van der Waals surface area (Å²) in [5, 5.41) is 0.497. The van der Waals surface area contributed by atoms with Crippen LogP contribution in [0.3, 0.4) is 0 Å². The van der Waals surface area contributed by atoms with Crippen LogP contribution in [0.1, 0.15) is 11.1 Å². The van der Waals surface area contributed by atoms with E-state index in [1.807, 2.05) is 48.5 Å². The highest BCUT2D eigenvalue weighted by atomic mass is 16.7. The molecule has 3 aromatic carbocycles. The van der Waals surface area contributed by atoms with Crippen LogP contribution in [-0.4, -0.2) is 12.7 Å². The minimum absolute atomic E-state index is 0.112. The second kappa shape index (κ2) is 7.99. The number of carbonyl (C=O) groups excluding carboxylic acids is 1. The largest absolute Gasteiger partial charge is 0.464 e. The predicted octanol–water partition coefficient (Wildman–Crippen LogP) is 4.30. The third kappa shape index (κ3) is 3.75. The van der Waals surface area contributed by atoms with Gasteiger partial charge in [-0.15, -0.1) is 0 Å². The Kier molecular flexibility index (Phi) is 4.88. The van der Waals surface area contributed by atoms with Gasteiger partial charge < -0.3 is 18.8 Å². The Balaban J connectivity index is 1.47. The van der Waals surface area contributed by atoms with Crippen LogP contribution >= 0.6 is 0 Å². The molecule has 0 atom stereocenters. The van der Waals surface area contributed by atoms with Gasteiger partial charge in [-0.1, -0.05) is 36.4 Å². The van der Waals surface area contributed by atoms with Gasteiger partial charge in [-0.2, -0.15) is 0 Å². The Morgan fingerprint density at radius 2 is 1.68 bits per heavy atom. The van der Waals surface area contributed by atoms with Crippen molar-refractivity contribution >= 4 is 22.6 Å². The van der Waals surface area contributed by atoms with Crippen molar-refractivity contribution in [1.29, 1.82) is 0 Å². The Bertz CT molecular complexity index is 1310. The average Bonchev–Trinajstić information content (AvgIpc) is 3.27. The van der Waals surface area contributed by atoms with Gasteiger partial charge >= 0.3 is 0 Å². The molecule has 4 aromatic rings. The zero-order valence-corrected chi connectivity index (χ0v) is 16.6. The lowest BCUT2D eigenvalue weighted by Crippen LogP contribution is -2.33. The minimum atomic E-state index is -0.141. The van der Waals surface area contributed by atoms with Gasteiger partial charge in [0.05, 0.1) is 30.2 Å². The van der Waals surface area contributed by atoms with Crippen molar-refractivity contribution in [3.8, 4) is 11.5 Å². The monoisotopic (exact) mass is 413 g/mol. The molecule has 6 nitrogen and oxygen atoms in total. The van der Waals surface area contributed by atoms with E-state index in [0.29, 0.717) is 33.7 Å². The number of fused-ring (bicyclic) bond motifs is 2. The first-order chi connectivity index (χ1) is 15.2. The maximum atomic E-state index is 13.3. The SMILES string of the molecule is O=C(Cc1ccc2c(c1)OCO2)N(Cc1coc2ccccc2c1=O)c1ccccc1. The van der Waals surface area contributed by atoms with Crippen molar-refractivity contribution in [2.45, 2.75) is 13.0 Å². The number of ether oxygens (including phenoxy) is 2. The molecule has 1 aliphatic rings. The van der Waals surface area contributed by atoms with Crippen LogP contribution < -0.4 is 19.8 Å². The van der Waals surface area contributed by atoms with Gasteiger partial charge in [-0.25, -0.2) is 0 Å². The molecule has 154 valence electrons. The summed E-state index contributed by atoms with van der Waals surface area (Å²) in [6, 6.07) is 21.8. The normalized spacial score (nSPS) is 12.1. The fraction of sp³-hybridized carbons (Fsp3) is 0.120. The van der Waals surface area contributed by atoms with E-state index in [0.717, 1.165) is 5.56 Å². The quantitative estimate of drug-likeness (QED) is 0.488. The van der Waals surface area contributed by atoms with Gasteiger partial charge in [0.2, 0.25) is 12.7 Å². The lowest BCUT2D eigenvalue weighted by Gasteiger charge is -2.23. The van der Waals surface area contributed by atoms with Crippen molar-refractivity contribution in [2.75, 3.05) is 11.7 Å². The van der Waals surface area contributed by atoms with Gasteiger partial charge in [-0.3, -0.25) is 9.59 Å². The number of nitrogens with zero attached hydrogens (tertiary/aromatic N) is 1. The molecule has 2 heterocycles. The van der Waals surface area contributed by atoms with E-state index in [4.69, 9.17) is 13.9 Å². The zero-order chi connectivity index (χ0) is 21.2.